The highest BCUT2D eigenvalue weighted by atomic mass is 16.5. The van der Waals surface area contributed by atoms with Crippen molar-refractivity contribution in [3.8, 4) is 17.2 Å². The Morgan fingerprint density at radius 3 is 2.67 bits per heavy atom. The molecule has 0 saturated carbocycles. The quantitative estimate of drug-likeness (QED) is 0.902. The molecule has 0 amide bonds. The fourth-order valence-electron chi connectivity index (χ4n) is 2.38. The summed E-state index contributed by atoms with van der Waals surface area (Å²) in [5.41, 5.74) is 2.00. The molecule has 1 unspecified atom stereocenters. The Kier molecular flexibility index (Phi) is 3.86. The first-order valence-corrected chi connectivity index (χ1v) is 7.17. The van der Waals surface area contributed by atoms with Crippen molar-refractivity contribution in [2.24, 2.45) is 0 Å². The summed E-state index contributed by atoms with van der Waals surface area (Å²) in [7, 11) is 0. The van der Waals surface area contributed by atoms with E-state index < -0.39 is 0 Å². The minimum atomic E-state index is 0.101. The second kappa shape index (κ2) is 5.95. The fourth-order valence-corrected chi connectivity index (χ4v) is 2.38. The molecular weight excluding hydrogens is 266 g/mol. The second-order valence-electron chi connectivity index (χ2n) is 5.17. The van der Waals surface area contributed by atoms with Crippen LogP contribution in [0.5, 0.6) is 17.2 Å². The summed E-state index contributed by atoms with van der Waals surface area (Å²) in [5, 5.41) is 12.9. The van der Waals surface area contributed by atoms with E-state index in [1.807, 2.05) is 30.3 Å². The fraction of sp³-hybridized carbons (Fsp3) is 0.294. The van der Waals surface area contributed by atoms with Crippen molar-refractivity contribution in [2.75, 3.05) is 18.5 Å². The van der Waals surface area contributed by atoms with Crippen molar-refractivity contribution >= 4 is 5.69 Å². The van der Waals surface area contributed by atoms with Crippen molar-refractivity contribution in [2.45, 2.75) is 19.4 Å². The Morgan fingerprint density at radius 1 is 1.05 bits per heavy atom. The summed E-state index contributed by atoms with van der Waals surface area (Å²) in [6.45, 7) is 3.46. The van der Waals surface area contributed by atoms with Gasteiger partial charge in [0.1, 0.15) is 5.75 Å². The van der Waals surface area contributed by atoms with Gasteiger partial charge in [0, 0.05) is 24.2 Å². The number of phenols is 1. The van der Waals surface area contributed by atoms with Crippen LogP contribution >= 0.6 is 0 Å². The Hall–Kier alpha value is -2.36. The summed E-state index contributed by atoms with van der Waals surface area (Å²) in [6, 6.07) is 13.2. The van der Waals surface area contributed by atoms with Crippen molar-refractivity contribution in [1.82, 2.24) is 0 Å². The molecule has 0 spiro atoms. The van der Waals surface area contributed by atoms with Crippen molar-refractivity contribution in [1.29, 1.82) is 0 Å². The molecule has 21 heavy (non-hydrogen) atoms. The van der Waals surface area contributed by atoms with Gasteiger partial charge in [0.15, 0.2) is 11.5 Å². The minimum Gasteiger partial charge on any atom is -0.508 e. The summed E-state index contributed by atoms with van der Waals surface area (Å²) < 4.78 is 11.4. The molecular formula is C17H19NO3. The number of ether oxygens (including phenoxy) is 2. The predicted molar refractivity (Wildman–Crippen MR) is 82.2 cm³/mol. The minimum absolute atomic E-state index is 0.101. The van der Waals surface area contributed by atoms with Crippen LogP contribution in [0.4, 0.5) is 5.69 Å². The third kappa shape index (κ3) is 3.21. The lowest BCUT2D eigenvalue weighted by Gasteiger charge is -2.17. The topological polar surface area (TPSA) is 50.7 Å². The molecule has 0 radical (unpaired) electrons. The predicted octanol–water partition coefficient (Wildman–Crippen LogP) is 3.73. The van der Waals surface area contributed by atoms with E-state index in [0.29, 0.717) is 13.2 Å². The lowest BCUT2D eigenvalue weighted by molar-refractivity contribution is 0.297. The van der Waals surface area contributed by atoms with Crippen LogP contribution in [0.25, 0.3) is 0 Å². The van der Waals surface area contributed by atoms with Gasteiger partial charge in [0.2, 0.25) is 0 Å². The lowest BCUT2D eigenvalue weighted by atomic mass is 10.1. The van der Waals surface area contributed by atoms with Crippen molar-refractivity contribution in [3.05, 3.63) is 48.0 Å². The maximum atomic E-state index is 9.51. The van der Waals surface area contributed by atoms with Crippen molar-refractivity contribution in [3.63, 3.8) is 0 Å². The van der Waals surface area contributed by atoms with E-state index in [1.54, 1.807) is 12.1 Å². The van der Waals surface area contributed by atoms with Crippen LogP contribution < -0.4 is 14.8 Å². The molecule has 4 nitrogen and oxygen atoms in total. The molecule has 2 N–H and O–H groups in total. The number of fused-ring (bicyclic) bond motifs is 1. The third-order valence-corrected chi connectivity index (χ3v) is 3.50. The monoisotopic (exact) mass is 285 g/mol. The smallest absolute Gasteiger partial charge is 0.161 e. The Morgan fingerprint density at radius 2 is 1.86 bits per heavy atom. The normalized spacial score (nSPS) is 15.1. The number of hydrogen-bond acceptors (Lipinski definition) is 4. The average molecular weight is 285 g/mol. The number of aromatic hydroxyl groups is 1. The van der Waals surface area contributed by atoms with Crippen LogP contribution in [0.3, 0.4) is 0 Å². The molecule has 110 valence electrons. The molecule has 0 fully saturated rings. The standard InChI is InChI=1S/C17H19NO3/c1-12(18-14-4-2-5-15(19)11-14)13-6-7-16-17(10-13)21-9-3-8-20-16/h2,4-7,10-12,18-19H,3,8-9H2,1H3. The van der Waals surface area contributed by atoms with Gasteiger partial charge in [-0.05, 0) is 36.8 Å². The van der Waals surface area contributed by atoms with E-state index in [0.717, 1.165) is 29.2 Å². The van der Waals surface area contributed by atoms with Crippen LogP contribution in [0, 0.1) is 0 Å². The Bertz CT molecular complexity index is 627. The van der Waals surface area contributed by atoms with Crippen LogP contribution in [-0.2, 0) is 0 Å². The summed E-state index contributed by atoms with van der Waals surface area (Å²) in [6.07, 6.45) is 0.904. The van der Waals surface area contributed by atoms with E-state index in [4.69, 9.17) is 9.47 Å². The van der Waals surface area contributed by atoms with Gasteiger partial charge >= 0.3 is 0 Å². The molecule has 1 heterocycles. The van der Waals surface area contributed by atoms with Gasteiger partial charge in [-0.15, -0.1) is 0 Å². The Balaban J connectivity index is 1.78. The third-order valence-electron chi connectivity index (χ3n) is 3.50. The molecule has 4 heteroatoms. The molecule has 1 atom stereocenters. The summed E-state index contributed by atoms with van der Waals surface area (Å²) in [4.78, 5) is 0. The first-order valence-electron chi connectivity index (χ1n) is 7.17. The van der Waals surface area contributed by atoms with Gasteiger partial charge in [-0.3, -0.25) is 0 Å². The molecule has 1 aliphatic heterocycles. The van der Waals surface area contributed by atoms with E-state index in [-0.39, 0.29) is 11.8 Å². The molecule has 3 rings (SSSR count). The van der Waals surface area contributed by atoms with Crippen LogP contribution in [0.2, 0.25) is 0 Å². The molecule has 1 aliphatic rings. The first kappa shape index (κ1) is 13.6. The number of nitrogens with one attached hydrogen (secondary N) is 1. The van der Waals surface area contributed by atoms with Crippen LogP contribution in [-0.4, -0.2) is 18.3 Å². The SMILES string of the molecule is CC(Nc1cccc(O)c1)c1ccc2c(c1)OCCCO2. The summed E-state index contributed by atoms with van der Waals surface area (Å²) >= 11 is 0. The molecule has 0 aliphatic carbocycles. The van der Waals surface area contributed by atoms with E-state index in [1.165, 1.54) is 0 Å². The molecule has 0 bridgehead atoms. The zero-order valence-corrected chi connectivity index (χ0v) is 12.0. The zero-order chi connectivity index (χ0) is 14.7. The van der Waals surface area contributed by atoms with Gasteiger partial charge in [-0.2, -0.15) is 0 Å². The highest BCUT2D eigenvalue weighted by molar-refractivity contribution is 5.51. The number of rotatable bonds is 3. The Labute approximate surface area is 124 Å². The number of hydrogen-bond donors (Lipinski definition) is 2. The maximum Gasteiger partial charge on any atom is 0.161 e. The van der Waals surface area contributed by atoms with Gasteiger partial charge in [-0.25, -0.2) is 0 Å². The highest BCUT2D eigenvalue weighted by Crippen LogP contribution is 2.33. The molecule has 0 saturated heterocycles. The number of phenolic OH excluding ortho intramolecular Hbond substituents is 1. The molecule has 2 aromatic rings. The molecule has 2 aromatic carbocycles. The maximum absolute atomic E-state index is 9.51. The highest BCUT2D eigenvalue weighted by Gasteiger charge is 2.13. The van der Waals surface area contributed by atoms with Gasteiger partial charge in [-0.1, -0.05) is 12.1 Å². The average Bonchev–Trinajstić information content (AvgIpc) is 2.71. The van der Waals surface area contributed by atoms with Crippen LogP contribution in [0.15, 0.2) is 42.5 Å². The van der Waals surface area contributed by atoms with Gasteiger partial charge in [0.05, 0.1) is 13.2 Å². The zero-order valence-electron chi connectivity index (χ0n) is 12.0. The number of anilines is 1. The molecule has 0 aromatic heterocycles. The van der Waals surface area contributed by atoms with Gasteiger partial charge < -0.3 is 19.9 Å². The first-order chi connectivity index (χ1) is 10.2. The summed E-state index contributed by atoms with van der Waals surface area (Å²) in [5.74, 6) is 1.86. The van der Waals surface area contributed by atoms with E-state index >= 15 is 0 Å². The second-order valence-corrected chi connectivity index (χ2v) is 5.17. The van der Waals surface area contributed by atoms with Crippen molar-refractivity contribution < 1.29 is 14.6 Å². The largest absolute Gasteiger partial charge is 0.508 e. The van der Waals surface area contributed by atoms with Gasteiger partial charge in [0.25, 0.3) is 0 Å². The van der Waals surface area contributed by atoms with E-state index in [2.05, 4.69) is 12.2 Å². The van der Waals surface area contributed by atoms with Crippen LogP contribution in [0.1, 0.15) is 24.9 Å². The number of benzene rings is 2. The lowest BCUT2D eigenvalue weighted by Crippen LogP contribution is -2.07. The van der Waals surface area contributed by atoms with E-state index in [9.17, 15) is 5.11 Å².